The minimum Gasteiger partial charge on any atom is -0.459 e. The molecule has 154 valence electrons. The third-order valence-electron chi connectivity index (χ3n) is 4.32. The van der Waals surface area contributed by atoms with E-state index in [4.69, 9.17) is 42.1 Å². The highest BCUT2D eigenvalue weighted by Gasteiger charge is 2.39. The SMILES string of the molecule is CCOC1C[C@@H](OC(=O)c2ccc(Cl)cc2)[C@H](COC(=O)c2ccc(Cl)cc2)O1. The lowest BCUT2D eigenvalue weighted by atomic mass is 10.1. The quantitative estimate of drug-likeness (QED) is 0.591. The van der Waals surface area contributed by atoms with Gasteiger partial charge in [0.15, 0.2) is 6.29 Å². The van der Waals surface area contributed by atoms with E-state index in [1.165, 1.54) is 0 Å². The van der Waals surface area contributed by atoms with E-state index in [9.17, 15) is 9.59 Å². The summed E-state index contributed by atoms with van der Waals surface area (Å²) in [6.07, 6.45) is -1.45. The molecule has 0 spiro atoms. The number of hydrogen-bond donors (Lipinski definition) is 0. The van der Waals surface area contributed by atoms with Crippen molar-refractivity contribution in [3.63, 3.8) is 0 Å². The molecule has 0 aliphatic carbocycles. The topological polar surface area (TPSA) is 71.1 Å². The molecule has 1 heterocycles. The van der Waals surface area contributed by atoms with E-state index >= 15 is 0 Å². The molecule has 3 rings (SSSR count). The van der Waals surface area contributed by atoms with Gasteiger partial charge >= 0.3 is 11.9 Å². The fraction of sp³-hybridized carbons (Fsp3) is 0.333. The summed E-state index contributed by atoms with van der Waals surface area (Å²) in [7, 11) is 0. The summed E-state index contributed by atoms with van der Waals surface area (Å²) in [6, 6.07) is 12.7. The van der Waals surface area contributed by atoms with Crippen LogP contribution < -0.4 is 0 Å². The second kappa shape index (κ2) is 10.1. The van der Waals surface area contributed by atoms with Gasteiger partial charge in [-0.05, 0) is 55.5 Å². The number of carbonyl (C=O) groups is 2. The average Bonchev–Trinajstić information content (AvgIpc) is 3.08. The number of hydrogen-bond acceptors (Lipinski definition) is 6. The minimum atomic E-state index is -0.640. The van der Waals surface area contributed by atoms with Crippen LogP contribution >= 0.6 is 23.2 Å². The van der Waals surface area contributed by atoms with Crippen molar-refractivity contribution in [3.05, 3.63) is 69.7 Å². The molecular formula is C21H20Cl2O6. The van der Waals surface area contributed by atoms with Gasteiger partial charge in [-0.3, -0.25) is 0 Å². The molecule has 0 N–H and O–H groups in total. The lowest BCUT2D eigenvalue weighted by molar-refractivity contribution is -0.141. The zero-order valence-corrected chi connectivity index (χ0v) is 17.2. The highest BCUT2D eigenvalue weighted by Crippen LogP contribution is 2.26. The van der Waals surface area contributed by atoms with Crippen molar-refractivity contribution < 1.29 is 28.5 Å². The van der Waals surface area contributed by atoms with Gasteiger partial charge in [-0.15, -0.1) is 0 Å². The van der Waals surface area contributed by atoms with Crippen LogP contribution in [-0.4, -0.2) is 43.7 Å². The minimum absolute atomic E-state index is 0.0798. The Morgan fingerprint density at radius 1 is 0.966 bits per heavy atom. The Balaban J connectivity index is 1.62. The molecule has 0 radical (unpaired) electrons. The third kappa shape index (κ3) is 5.93. The average molecular weight is 439 g/mol. The van der Waals surface area contributed by atoms with Crippen LogP contribution in [0.25, 0.3) is 0 Å². The standard InChI is InChI=1S/C21H20Cl2O6/c1-2-26-19-11-17(29-21(25)14-5-9-16(23)10-6-14)18(28-19)12-27-20(24)13-3-7-15(22)8-4-13/h3-10,17-19H,2,11-12H2,1H3/t17-,18+,19?/m1/s1. The summed E-state index contributed by atoms with van der Waals surface area (Å²) in [6.45, 7) is 2.20. The van der Waals surface area contributed by atoms with E-state index in [1.807, 2.05) is 6.92 Å². The van der Waals surface area contributed by atoms with Crippen LogP contribution in [0.4, 0.5) is 0 Å². The van der Waals surface area contributed by atoms with E-state index in [0.717, 1.165) is 0 Å². The molecule has 1 aliphatic rings. The maximum atomic E-state index is 12.4. The van der Waals surface area contributed by atoms with Crippen LogP contribution in [0.2, 0.25) is 10.0 Å². The lowest BCUT2D eigenvalue weighted by Crippen LogP contribution is -2.32. The highest BCUT2D eigenvalue weighted by atomic mass is 35.5. The van der Waals surface area contributed by atoms with Gasteiger partial charge in [0.2, 0.25) is 0 Å². The number of halogens is 2. The maximum Gasteiger partial charge on any atom is 0.338 e. The Morgan fingerprint density at radius 3 is 2.07 bits per heavy atom. The van der Waals surface area contributed by atoms with Crippen LogP contribution in [-0.2, 0) is 18.9 Å². The molecule has 8 heteroatoms. The molecule has 1 saturated heterocycles. The van der Waals surface area contributed by atoms with E-state index in [2.05, 4.69) is 0 Å². The maximum absolute atomic E-state index is 12.4. The van der Waals surface area contributed by atoms with E-state index in [-0.39, 0.29) is 6.61 Å². The van der Waals surface area contributed by atoms with Gasteiger partial charge in [0, 0.05) is 23.1 Å². The van der Waals surface area contributed by atoms with Crippen molar-refractivity contribution >= 4 is 35.1 Å². The normalized spacial score (nSPS) is 21.0. The first kappa shape index (κ1) is 21.6. The molecule has 0 saturated carbocycles. The highest BCUT2D eigenvalue weighted by molar-refractivity contribution is 6.30. The van der Waals surface area contributed by atoms with Crippen LogP contribution in [0.3, 0.4) is 0 Å². The second-order valence-electron chi connectivity index (χ2n) is 6.35. The first-order valence-electron chi connectivity index (χ1n) is 9.12. The fourth-order valence-electron chi connectivity index (χ4n) is 2.86. The number of carbonyl (C=O) groups excluding carboxylic acids is 2. The summed E-state index contributed by atoms with van der Waals surface area (Å²) >= 11 is 11.7. The van der Waals surface area contributed by atoms with Gasteiger partial charge in [0.05, 0.1) is 11.1 Å². The van der Waals surface area contributed by atoms with Gasteiger partial charge in [0.1, 0.15) is 18.8 Å². The molecule has 1 aliphatic heterocycles. The number of ether oxygens (including phenoxy) is 4. The predicted molar refractivity (Wildman–Crippen MR) is 107 cm³/mol. The van der Waals surface area contributed by atoms with Crippen LogP contribution in [0, 0.1) is 0 Å². The molecule has 2 aromatic rings. The summed E-state index contributed by atoms with van der Waals surface area (Å²) in [5, 5.41) is 1.04. The van der Waals surface area contributed by atoms with Crippen molar-refractivity contribution in [3.8, 4) is 0 Å². The van der Waals surface area contributed by atoms with Crippen molar-refractivity contribution in [2.45, 2.75) is 31.8 Å². The van der Waals surface area contributed by atoms with Crippen molar-refractivity contribution in [2.24, 2.45) is 0 Å². The molecular weight excluding hydrogens is 419 g/mol. The van der Waals surface area contributed by atoms with Gasteiger partial charge in [-0.2, -0.15) is 0 Å². The van der Waals surface area contributed by atoms with Crippen LogP contribution in [0.1, 0.15) is 34.1 Å². The van der Waals surface area contributed by atoms with Gasteiger partial charge in [-0.1, -0.05) is 23.2 Å². The monoisotopic (exact) mass is 438 g/mol. The van der Waals surface area contributed by atoms with Gasteiger partial charge in [-0.25, -0.2) is 9.59 Å². The molecule has 0 aromatic heterocycles. The Labute approximate surface area is 178 Å². The van der Waals surface area contributed by atoms with E-state index < -0.39 is 30.4 Å². The largest absolute Gasteiger partial charge is 0.459 e. The van der Waals surface area contributed by atoms with Crippen molar-refractivity contribution in [2.75, 3.05) is 13.2 Å². The Kier molecular flexibility index (Phi) is 7.50. The second-order valence-corrected chi connectivity index (χ2v) is 7.22. The Hall–Kier alpha value is -2.12. The predicted octanol–water partition coefficient (Wildman–Crippen LogP) is 4.53. The molecule has 29 heavy (non-hydrogen) atoms. The molecule has 0 amide bonds. The Morgan fingerprint density at radius 2 is 1.52 bits per heavy atom. The van der Waals surface area contributed by atoms with E-state index in [1.54, 1.807) is 48.5 Å². The summed E-state index contributed by atoms with van der Waals surface area (Å²) in [5.41, 5.74) is 0.731. The number of rotatable bonds is 7. The number of esters is 2. The Bertz CT molecular complexity index is 837. The number of benzene rings is 2. The summed E-state index contributed by atoms with van der Waals surface area (Å²) < 4.78 is 22.2. The molecule has 0 bridgehead atoms. The van der Waals surface area contributed by atoms with Gasteiger partial charge in [0.25, 0.3) is 0 Å². The summed E-state index contributed by atoms with van der Waals surface area (Å²) in [4.78, 5) is 24.7. The first-order valence-corrected chi connectivity index (χ1v) is 9.88. The van der Waals surface area contributed by atoms with Crippen molar-refractivity contribution in [1.82, 2.24) is 0 Å². The van der Waals surface area contributed by atoms with Crippen molar-refractivity contribution in [1.29, 1.82) is 0 Å². The summed E-state index contributed by atoms with van der Waals surface area (Å²) in [5.74, 6) is -1.03. The molecule has 2 aromatic carbocycles. The fourth-order valence-corrected chi connectivity index (χ4v) is 3.11. The first-order chi connectivity index (χ1) is 14.0. The smallest absolute Gasteiger partial charge is 0.338 e. The molecule has 1 fully saturated rings. The lowest BCUT2D eigenvalue weighted by Gasteiger charge is -2.19. The molecule has 3 atom stereocenters. The zero-order valence-electron chi connectivity index (χ0n) is 15.7. The third-order valence-corrected chi connectivity index (χ3v) is 4.82. The zero-order chi connectivity index (χ0) is 20.8. The van der Waals surface area contributed by atoms with Crippen LogP contribution in [0.15, 0.2) is 48.5 Å². The molecule has 1 unspecified atom stereocenters. The van der Waals surface area contributed by atoms with E-state index in [0.29, 0.717) is 34.2 Å². The van der Waals surface area contributed by atoms with Gasteiger partial charge < -0.3 is 18.9 Å². The molecule has 6 nitrogen and oxygen atoms in total. The van der Waals surface area contributed by atoms with Crippen LogP contribution in [0.5, 0.6) is 0 Å².